The van der Waals surface area contributed by atoms with Gasteiger partial charge in [-0.25, -0.2) is 9.67 Å². The van der Waals surface area contributed by atoms with Crippen molar-refractivity contribution in [1.29, 1.82) is 0 Å². The van der Waals surface area contributed by atoms with Gasteiger partial charge in [0.15, 0.2) is 5.82 Å². The topological polar surface area (TPSA) is 108 Å². The Labute approximate surface area is 323 Å². The van der Waals surface area contributed by atoms with Crippen molar-refractivity contribution in [3.05, 3.63) is 48.3 Å². The number of rotatable bonds is 9. The lowest BCUT2D eigenvalue weighted by molar-refractivity contribution is -0.253. The van der Waals surface area contributed by atoms with Crippen LogP contribution in [-0.4, -0.2) is 77.6 Å². The Kier molecular flexibility index (Phi) is 9.59. The average molecular weight is 743 g/mol. The summed E-state index contributed by atoms with van der Waals surface area (Å²) in [6.45, 7) is 19.8. The number of ether oxygens (including phenoxy) is 3. The number of hydrogen-bond donors (Lipinski definition) is 2. The number of fused-ring (bicyclic) bond motifs is 3. The smallest absolute Gasteiger partial charge is 0.307 e. The molecule has 9 heteroatoms. The van der Waals surface area contributed by atoms with Gasteiger partial charge in [0, 0.05) is 35.1 Å². The maximum absolute atomic E-state index is 13.6. The van der Waals surface area contributed by atoms with Crippen LogP contribution in [0.2, 0.25) is 0 Å². The molecule has 9 nitrogen and oxygen atoms in total. The van der Waals surface area contributed by atoms with Crippen LogP contribution in [0.5, 0.6) is 0 Å². The fourth-order valence-electron chi connectivity index (χ4n) is 13.9. The number of nitrogens with one attached hydrogen (secondary N) is 1. The summed E-state index contributed by atoms with van der Waals surface area (Å²) in [5.74, 6) is 1.27. The first-order valence-corrected chi connectivity index (χ1v) is 21.0. The lowest BCUT2D eigenvalue weighted by Gasteiger charge is -2.71. The summed E-state index contributed by atoms with van der Waals surface area (Å²) in [5, 5.41) is 19.8. The predicted molar refractivity (Wildman–Crippen MR) is 210 cm³/mol. The second-order valence-corrected chi connectivity index (χ2v) is 19.9. The molecule has 8 rings (SSSR count). The van der Waals surface area contributed by atoms with Crippen molar-refractivity contribution >= 4 is 5.97 Å². The van der Waals surface area contributed by atoms with Crippen molar-refractivity contribution in [2.75, 3.05) is 40.1 Å². The highest BCUT2D eigenvalue weighted by Gasteiger charge is 2.72. The molecule has 0 radical (unpaired) electrons. The molecule has 54 heavy (non-hydrogen) atoms. The monoisotopic (exact) mass is 743 g/mol. The number of aromatic nitrogens is 3. The molecule has 6 aliphatic rings. The highest BCUT2D eigenvalue weighted by atomic mass is 16.5. The van der Waals surface area contributed by atoms with Gasteiger partial charge in [0.05, 0.1) is 37.9 Å². The molecule has 2 aromatic rings. The highest BCUT2D eigenvalue weighted by molar-refractivity contribution is 5.73. The number of benzene rings is 1. The van der Waals surface area contributed by atoms with E-state index in [1.807, 2.05) is 6.07 Å². The van der Waals surface area contributed by atoms with Crippen molar-refractivity contribution in [3.63, 3.8) is 0 Å². The molecule has 5 fully saturated rings. The van der Waals surface area contributed by atoms with Crippen LogP contribution >= 0.6 is 0 Å². The van der Waals surface area contributed by atoms with Crippen LogP contribution in [0.1, 0.15) is 106 Å². The van der Waals surface area contributed by atoms with Crippen LogP contribution in [0.25, 0.3) is 11.4 Å². The number of carboxylic acid groups (broad SMARTS) is 1. The number of hydrogen-bond acceptors (Lipinski definition) is 7. The van der Waals surface area contributed by atoms with Gasteiger partial charge in [-0.3, -0.25) is 4.79 Å². The zero-order chi connectivity index (χ0) is 38.3. The van der Waals surface area contributed by atoms with E-state index in [0.29, 0.717) is 43.5 Å². The van der Waals surface area contributed by atoms with E-state index >= 15 is 0 Å². The van der Waals surface area contributed by atoms with Crippen LogP contribution in [0.15, 0.2) is 48.3 Å². The van der Waals surface area contributed by atoms with E-state index in [2.05, 4.69) is 95.9 Å². The number of nitrogens with zero attached hydrogens (tertiary/aromatic N) is 3. The summed E-state index contributed by atoms with van der Waals surface area (Å²) in [6.07, 6.45) is 11.8. The third-order valence-electron chi connectivity index (χ3n) is 17.5. The maximum Gasteiger partial charge on any atom is 0.307 e. The Hall–Kier alpha value is -2.59. The van der Waals surface area contributed by atoms with Gasteiger partial charge in [-0.1, -0.05) is 90.4 Å². The molecule has 2 bridgehead atoms. The molecule has 1 aromatic carbocycles. The number of aliphatic carboxylic acids is 1. The molecule has 3 saturated carbocycles. The quantitative estimate of drug-likeness (QED) is 0.248. The van der Waals surface area contributed by atoms with Gasteiger partial charge in [0.2, 0.25) is 0 Å². The van der Waals surface area contributed by atoms with Gasteiger partial charge in [0.25, 0.3) is 0 Å². The average Bonchev–Trinajstić information content (AvgIpc) is 3.65. The minimum Gasteiger partial charge on any atom is -0.481 e. The van der Waals surface area contributed by atoms with Crippen molar-refractivity contribution < 1.29 is 24.1 Å². The summed E-state index contributed by atoms with van der Waals surface area (Å²) in [5.41, 5.74) is 1.22. The van der Waals surface area contributed by atoms with Gasteiger partial charge in [-0.15, -0.1) is 0 Å². The Bertz CT molecular complexity index is 1740. The first-order chi connectivity index (χ1) is 25.7. The molecular formula is C45H66N4O5. The molecule has 2 saturated heterocycles. The molecule has 2 N–H and O–H groups in total. The molecule has 2 aliphatic heterocycles. The summed E-state index contributed by atoms with van der Waals surface area (Å²) in [4.78, 5) is 18.5. The van der Waals surface area contributed by atoms with E-state index in [-0.39, 0.29) is 44.8 Å². The summed E-state index contributed by atoms with van der Waals surface area (Å²) < 4.78 is 22.2. The fourth-order valence-corrected chi connectivity index (χ4v) is 13.9. The van der Waals surface area contributed by atoms with E-state index in [9.17, 15) is 9.90 Å². The van der Waals surface area contributed by atoms with E-state index in [1.54, 1.807) is 6.33 Å². The van der Waals surface area contributed by atoms with Crippen LogP contribution < -0.4 is 5.32 Å². The van der Waals surface area contributed by atoms with Gasteiger partial charge < -0.3 is 24.6 Å². The Morgan fingerprint density at radius 1 is 1.00 bits per heavy atom. The third kappa shape index (κ3) is 5.40. The molecule has 0 spiro atoms. The molecule has 1 aromatic heterocycles. The lowest BCUT2D eigenvalue weighted by Crippen LogP contribution is -2.69. The van der Waals surface area contributed by atoms with Crippen molar-refractivity contribution in [2.24, 2.45) is 56.7 Å². The summed E-state index contributed by atoms with van der Waals surface area (Å²) >= 11 is 0. The van der Waals surface area contributed by atoms with Gasteiger partial charge in [0.1, 0.15) is 6.33 Å². The zero-order valence-electron chi connectivity index (χ0n) is 34.2. The first kappa shape index (κ1) is 38.3. The lowest BCUT2D eigenvalue weighted by atomic mass is 9.34. The number of likely N-dealkylation sites (N-methyl/N-ethyl adjacent to an activating group) is 1. The second-order valence-electron chi connectivity index (χ2n) is 19.9. The standard InChI is InChI=1S/C45H66N4O5/c1-29(2)30(3)40(4)18-19-42(6)32-14-15-35-41(5)25-53-27-45(35,33(32)16-17-43(42,7)36(40)39(50)51)24-34(37(41)54-26-44(46-8)20-22-52-23-21-44)49-38(47-28-48-49)31-12-10-9-11-13-31/h9-13,16,28-30,32,34-37,46H,14-15,17-27H2,1-8H3,(H,50,51)/t30-,32+,34-,35+,36-,37+,40-,41-,42-,43+,45+/m1/s1. The Morgan fingerprint density at radius 3 is 2.43 bits per heavy atom. The maximum atomic E-state index is 13.6. The largest absolute Gasteiger partial charge is 0.481 e. The minimum atomic E-state index is -0.614. The first-order valence-electron chi connectivity index (χ1n) is 21.0. The van der Waals surface area contributed by atoms with Crippen LogP contribution in [-0.2, 0) is 19.0 Å². The van der Waals surface area contributed by atoms with E-state index < -0.39 is 11.9 Å². The normalized spacial score (nSPS) is 41.9. The SMILES string of the molecule is CNC1(CO[C@H]2[C@H](n3ncnc3-c3ccccc3)C[C@@]34COC[C@]2(C)[C@@H]3CC[C@H]2C4=CC[C@@]3(C)[C@H](C(=O)O)[C@@](C)([C@H](C)C(C)C)CC[C@]23C)CCOCC1. The molecule has 11 atom stereocenters. The zero-order valence-corrected chi connectivity index (χ0v) is 34.2. The fraction of sp³-hybridized carbons (Fsp3) is 0.756. The third-order valence-corrected chi connectivity index (χ3v) is 17.5. The number of carbonyl (C=O) groups is 1. The Morgan fingerprint density at radius 2 is 1.74 bits per heavy atom. The number of allylic oxidation sites excluding steroid dienone is 1. The van der Waals surface area contributed by atoms with E-state index in [0.717, 1.165) is 76.0 Å². The van der Waals surface area contributed by atoms with Crippen LogP contribution in [0.4, 0.5) is 0 Å². The summed E-state index contributed by atoms with van der Waals surface area (Å²) in [7, 11) is 2.06. The molecular weight excluding hydrogens is 677 g/mol. The van der Waals surface area contributed by atoms with Gasteiger partial charge in [-0.05, 0) is 98.3 Å². The van der Waals surface area contributed by atoms with Crippen molar-refractivity contribution in [3.8, 4) is 11.4 Å². The molecule has 0 unspecified atom stereocenters. The van der Waals surface area contributed by atoms with E-state index in [1.165, 1.54) is 5.57 Å². The van der Waals surface area contributed by atoms with Gasteiger partial charge >= 0.3 is 5.97 Å². The van der Waals surface area contributed by atoms with E-state index in [4.69, 9.17) is 24.3 Å². The van der Waals surface area contributed by atoms with Crippen LogP contribution in [0, 0.1) is 56.7 Å². The summed E-state index contributed by atoms with van der Waals surface area (Å²) in [6, 6.07) is 10.4. The van der Waals surface area contributed by atoms with Crippen molar-refractivity contribution in [2.45, 2.75) is 118 Å². The van der Waals surface area contributed by atoms with Gasteiger partial charge in [-0.2, -0.15) is 5.10 Å². The molecule has 4 aliphatic carbocycles. The minimum absolute atomic E-state index is 0.0596. The van der Waals surface area contributed by atoms with Crippen LogP contribution in [0.3, 0.4) is 0 Å². The molecule has 0 amide bonds. The Balaban J connectivity index is 1.23. The highest BCUT2D eigenvalue weighted by Crippen LogP contribution is 2.75. The predicted octanol–water partition coefficient (Wildman–Crippen LogP) is 8.23. The molecule has 296 valence electrons. The molecule has 3 heterocycles. The second kappa shape index (κ2) is 13.5. The number of carboxylic acids is 1. The van der Waals surface area contributed by atoms with Crippen molar-refractivity contribution in [1.82, 2.24) is 20.1 Å².